The molecule has 0 saturated heterocycles. The van der Waals surface area contributed by atoms with Gasteiger partial charge in [-0.05, 0) is 32.4 Å². The molecular weight excluding hydrogens is 510 g/mol. The van der Waals surface area contributed by atoms with Crippen LogP contribution in [0.3, 0.4) is 0 Å². The summed E-state index contributed by atoms with van der Waals surface area (Å²) in [6.07, 6.45) is 46.5. The van der Waals surface area contributed by atoms with Gasteiger partial charge < -0.3 is 10.0 Å². The standard InChI is InChI=1S/C40H83NO/c1-4-7-9-11-13-15-17-19-21-23-25-27-29-31-33-35-37-41(39-40(42)6-3)38-36-34-32-30-28-26-24-22-20-18-16-14-12-10-8-5-2/h40,42H,4-39H2,1-3H3. The Morgan fingerprint density at radius 2 is 0.548 bits per heavy atom. The molecule has 0 aromatic rings. The average molecular weight is 594 g/mol. The van der Waals surface area contributed by atoms with Crippen LogP contribution < -0.4 is 0 Å². The summed E-state index contributed by atoms with van der Waals surface area (Å²) >= 11 is 0. The van der Waals surface area contributed by atoms with Crippen molar-refractivity contribution in [3.8, 4) is 0 Å². The summed E-state index contributed by atoms with van der Waals surface area (Å²) in [6.45, 7) is 9.98. The molecule has 0 aromatic heterocycles. The fourth-order valence-corrected chi connectivity index (χ4v) is 6.49. The summed E-state index contributed by atoms with van der Waals surface area (Å²) < 4.78 is 0. The van der Waals surface area contributed by atoms with Gasteiger partial charge in [0.05, 0.1) is 6.10 Å². The first-order valence-electron chi connectivity index (χ1n) is 20.1. The molecule has 0 aliphatic rings. The van der Waals surface area contributed by atoms with Crippen molar-refractivity contribution in [2.24, 2.45) is 0 Å². The molecule has 0 aromatic carbocycles. The lowest BCUT2D eigenvalue weighted by Gasteiger charge is -2.24. The van der Waals surface area contributed by atoms with E-state index in [2.05, 4.69) is 25.7 Å². The molecule has 254 valence electrons. The minimum Gasteiger partial charge on any atom is -0.392 e. The molecule has 42 heavy (non-hydrogen) atoms. The van der Waals surface area contributed by atoms with Crippen LogP contribution in [0.5, 0.6) is 0 Å². The third kappa shape index (κ3) is 34.4. The van der Waals surface area contributed by atoms with Crippen molar-refractivity contribution in [3.05, 3.63) is 0 Å². The van der Waals surface area contributed by atoms with E-state index >= 15 is 0 Å². The number of aliphatic hydroxyl groups is 1. The van der Waals surface area contributed by atoms with E-state index in [-0.39, 0.29) is 6.10 Å². The summed E-state index contributed by atoms with van der Waals surface area (Å²) in [7, 11) is 0. The third-order valence-electron chi connectivity index (χ3n) is 9.60. The van der Waals surface area contributed by atoms with Gasteiger partial charge >= 0.3 is 0 Å². The first-order chi connectivity index (χ1) is 20.7. The highest BCUT2D eigenvalue weighted by Gasteiger charge is 2.10. The molecule has 0 rings (SSSR count). The first kappa shape index (κ1) is 41.9. The zero-order valence-electron chi connectivity index (χ0n) is 29.9. The Labute approximate surface area is 268 Å². The quantitative estimate of drug-likeness (QED) is 0.0724. The molecule has 0 spiro atoms. The van der Waals surface area contributed by atoms with Gasteiger partial charge in [-0.1, -0.05) is 213 Å². The largest absolute Gasteiger partial charge is 0.392 e. The van der Waals surface area contributed by atoms with E-state index in [0.29, 0.717) is 0 Å². The highest BCUT2D eigenvalue weighted by molar-refractivity contribution is 4.65. The Morgan fingerprint density at radius 1 is 0.333 bits per heavy atom. The van der Waals surface area contributed by atoms with E-state index in [1.54, 1.807) is 0 Å². The van der Waals surface area contributed by atoms with Gasteiger partial charge in [0.2, 0.25) is 0 Å². The number of hydrogen-bond donors (Lipinski definition) is 1. The van der Waals surface area contributed by atoms with Crippen molar-refractivity contribution in [1.29, 1.82) is 0 Å². The van der Waals surface area contributed by atoms with Gasteiger partial charge in [0.1, 0.15) is 0 Å². The zero-order chi connectivity index (χ0) is 30.6. The Hall–Kier alpha value is -0.0800. The lowest BCUT2D eigenvalue weighted by atomic mass is 10.0. The van der Waals surface area contributed by atoms with E-state index in [0.717, 1.165) is 13.0 Å². The molecule has 0 bridgehead atoms. The van der Waals surface area contributed by atoms with E-state index in [4.69, 9.17) is 0 Å². The highest BCUT2D eigenvalue weighted by atomic mass is 16.3. The second kappa shape index (κ2) is 37.1. The van der Waals surface area contributed by atoms with E-state index < -0.39 is 0 Å². The van der Waals surface area contributed by atoms with Gasteiger partial charge in [-0.3, -0.25) is 0 Å². The van der Waals surface area contributed by atoms with Crippen molar-refractivity contribution in [2.75, 3.05) is 19.6 Å². The Balaban J connectivity index is 3.55. The van der Waals surface area contributed by atoms with Gasteiger partial charge in [0.15, 0.2) is 0 Å². The molecule has 0 saturated carbocycles. The lowest BCUT2D eigenvalue weighted by Crippen LogP contribution is -2.33. The predicted molar refractivity (Wildman–Crippen MR) is 192 cm³/mol. The first-order valence-corrected chi connectivity index (χ1v) is 20.1. The van der Waals surface area contributed by atoms with Crippen LogP contribution in [0, 0.1) is 0 Å². The lowest BCUT2D eigenvalue weighted by molar-refractivity contribution is 0.107. The zero-order valence-corrected chi connectivity index (χ0v) is 29.9. The van der Waals surface area contributed by atoms with Crippen LogP contribution in [0.15, 0.2) is 0 Å². The second-order valence-electron chi connectivity index (χ2n) is 14.0. The molecule has 2 nitrogen and oxygen atoms in total. The average Bonchev–Trinajstić information content (AvgIpc) is 3.00. The number of nitrogens with zero attached hydrogens (tertiary/aromatic N) is 1. The Kier molecular flexibility index (Phi) is 37.0. The Morgan fingerprint density at radius 3 is 0.762 bits per heavy atom. The van der Waals surface area contributed by atoms with Gasteiger partial charge in [-0.2, -0.15) is 0 Å². The molecule has 0 aliphatic carbocycles. The van der Waals surface area contributed by atoms with Crippen molar-refractivity contribution in [3.63, 3.8) is 0 Å². The Bertz CT molecular complexity index is 431. The highest BCUT2D eigenvalue weighted by Crippen LogP contribution is 2.16. The van der Waals surface area contributed by atoms with Gasteiger partial charge in [0.25, 0.3) is 0 Å². The maximum absolute atomic E-state index is 10.3. The van der Waals surface area contributed by atoms with Crippen molar-refractivity contribution in [2.45, 2.75) is 239 Å². The smallest absolute Gasteiger partial charge is 0.0664 e. The number of unbranched alkanes of at least 4 members (excludes halogenated alkanes) is 30. The molecule has 0 amide bonds. The number of hydrogen-bond acceptors (Lipinski definition) is 2. The minimum absolute atomic E-state index is 0.146. The molecule has 0 fully saturated rings. The van der Waals surface area contributed by atoms with Crippen LogP contribution in [-0.2, 0) is 0 Å². The van der Waals surface area contributed by atoms with Crippen LogP contribution in [0.4, 0.5) is 0 Å². The molecule has 0 heterocycles. The molecule has 1 atom stereocenters. The number of rotatable bonds is 37. The number of aliphatic hydroxyl groups excluding tert-OH is 1. The van der Waals surface area contributed by atoms with E-state index in [1.165, 1.54) is 219 Å². The molecule has 1 unspecified atom stereocenters. The summed E-state index contributed by atoms with van der Waals surface area (Å²) in [5, 5.41) is 10.3. The van der Waals surface area contributed by atoms with Crippen molar-refractivity contribution >= 4 is 0 Å². The van der Waals surface area contributed by atoms with Crippen LogP contribution in [0.25, 0.3) is 0 Å². The van der Waals surface area contributed by atoms with Gasteiger partial charge in [-0.25, -0.2) is 0 Å². The summed E-state index contributed by atoms with van der Waals surface area (Å²) in [4.78, 5) is 2.57. The van der Waals surface area contributed by atoms with Crippen LogP contribution in [-0.4, -0.2) is 35.7 Å². The van der Waals surface area contributed by atoms with Gasteiger partial charge in [-0.15, -0.1) is 0 Å². The van der Waals surface area contributed by atoms with Crippen molar-refractivity contribution in [1.82, 2.24) is 4.90 Å². The second-order valence-corrected chi connectivity index (χ2v) is 14.0. The molecule has 1 N–H and O–H groups in total. The molecule has 0 radical (unpaired) electrons. The summed E-state index contributed by atoms with van der Waals surface area (Å²) in [5.41, 5.74) is 0. The normalized spacial score (nSPS) is 12.5. The van der Waals surface area contributed by atoms with E-state index in [1.807, 2.05) is 0 Å². The SMILES string of the molecule is CCCCCCCCCCCCCCCCCCN(CCCCCCCCCCCCCCCCCC)CC(O)CC. The van der Waals surface area contributed by atoms with Gasteiger partial charge in [0, 0.05) is 6.54 Å². The predicted octanol–water partition coefficient (Wildman–Crippen LogP) is 13.6. The minimum atomic E-state index is -0.146. The topological polar surface area (TPSA) is 23.5 Å². The maximum atomic E-state index is 10.3. The molecule has 2 heteroatoms. The molecular formula is C40H83NO. The monoisotopic (exact) mass is 594 g/mol. The fourth-order valence-electron chi connectivity index (χ4n) is 6.49. The fraction of sp³-hybridized carbons (Fsp3) is 1.00. The molecule has 0 aliphatic heterocycles. The maximum Gasteiger partial charge on any atom is 0.0664 e. The van der Waals surface area contributed by atoms with Crippen molar-refractivity contribution < 1.29 is 5.11 Å². The summed E-state index contributed by atoms with van der Waals surface area (Å²) in [5.74, 6) is 0. The van der Waals surface area contributed by atoms with Crippen LogP contribution >= 0.6 is 0 Å². The summed E-state index contributed by atoms with van der Waals surface area (Å²) in [6, 6.07) is 0. The van der Waals surface area contributed by atoms with Crippen LogP contribution in [0.2, 0.25) is 0 Å². The van der Waals surface area contributed by atoms with E-state index in [9.17, 15) is 5.11 Å². The van der Waals surface area contributed by atoms with Crippen LogP contribution in [0.1, 0.15) is 233 Å². The third-order valence-corrected chi connectivity index (χ3v) is 9.60.